The number of aromatic nitrogens is 3. The van der Waals surface area contributed by atoms with Crippen LogP contribution in [0.2, 0.25) is 0 Å². The standard InChI is InChI=1S/C29H23BrN4O2/c1-3-18(2)33-17-20(22-8-5-7-11-25(22)33)16-31-34-28(32-24-10-6-4-9-23(24)29(34)35)27-15-19-14-21(30)12-13-26(19)36-27/h4-18H,3H2,1-2H3/t18-/m0/s1. The first-order valence-corrected chi connectivity index (χ1v) is 12.7. The van der Waals surface area contributed by atoms with Gasteiger partial charge in [-0.2, -0.15) is 9.78 Å². The van der Waals surface area contributed by atoms with E-state index in [2.05, 4.69) is 57.8 Å². The first-order chi connectivity index (χ1) is 17.5. The molecule has 1 atom stereocenters. The van der Waals surface area contributed by atoms with Gasteiger partial charge < -0.3 is 8.98 Å². The number of nitrogens with zero attached hydrogens (tertiary/aromatic N) is 4. The van der Waals surface area contributed by atoms with Crippen LogP contribution in [0.4, 0.5) is 0 Å². The molecule has 3 aromatic heterocycles. The van der Waals surface area contributed by atoms with E-state index >= 15 is 0 Å². The lowest BCUT2D eigenvalue weighted by molar-refractivity contribution is 0.548. The largest absolute Gasteiger partial charge is 0.453 e. The first kappa shape index (κ1) is 22.5. The Morgan fingerprint density at radius 1 is 1.06 bits per heavy atom. The second kappa shape index (κ2) is 8.91. The maximum Gasteiger partial charge on any atom is 0.282 e. The fourth-order valence-corrected chi connectivity index (χ4v) is 4.91. The highest BCUT2D eigenvalue weighted by molar-refractivity contribution is 9.10. The molecule has 0 bridgehead atoms. The van der Waals surface area contributed by atoms with E-state index in [0.717, 1.165) is 32.7 Å². The van der Waals surface area contributed by atoms with Gasteiger partial charge in [-0.25, -0.2) is 4.98 Å². The lowest BCUT2D eigenvalue weighted by atomic mass is 10.2. The van der Waals surface area contributed by atoms with E-state index in [1.807, 2.05) is 54.6 Å². The quantitative estimate of drug-likeness (QED) is 0.215. The minimum absolute atomic E-state index is 0.251. The fraction of sp³-hybridized carbons (Fsp3) is 0.138. The van der Waals surface area contributed by atoms with Gasteiger partial charge in [0, 0.05) is 38.6 Å². The molecule has 6 aromatic rings. The monoisotopic (exact) mass is 538 g/mol. The van der Waals surface area contributed by atoms with Gasteiger partial charge in [-0.05, 0) is 55.8 Å². The van der Waals surface area contributed by atoms with Crippen molar-refractivity contribution in [2.24, 2.45) is 5.10 Å². The van der Waals surface area contributed by atoms with Gasteiger partial charge in [-0.15, -0.1) is 0 Å². The molecule has 3 heterocycles. The molecule has 0 amide bonds. The summed E-state index contributed by atoms with van der Waals surface area (Å²) in [5.41, 5.74) is 3.13. The summed E-state index contributed by atoms with van der Waals surface area (Å²) in [6.07, 6.45) is 4.84. The van der Waals surface area contributed by atoms with Crippen molar-refractivity contribution in [3.8, 4) is 11.6 Å². The zero-order valence-corrected chi connectivity index (χ0v) is 21.4. The third kappa shape index (κ3) is 3.76. The van der Waals surface area contributed by atoms with Crippen LogP contribution in [-0.4, -0.2) is 20.4 Å². The Labute approximate surface area is 215 Å². The molecule has 0 unspecified atom stereocenters. The molecule has 6 rings (SSSR count). The zero-order chi connectivity index (χ0) is 24.8. The molecule has 0 fully saturated rings. The van der Waals surface area contributed by atoms with Gasteiger partial charge in [0.25, 0.3) is 5.56 Å². The van der Waals surface area contributed by atoms with Crippen LogP contribution in [-0.2, 0) is 0 Å². The Morgan fingerprint density at radius 3 is 2.67 bits per heavy atom. The van der Waals surface area contributed by atoms with Gasteiger partial charge in [0.1, 0.15) is 5.58 Å². The van der Waals surface area contributed by atoms with Crippen molar-refractivity contribution < 1.29 is 4.42 Å². The minimum atomic E-state index is -0.251. The number of para-hydroxylation sites is 2. The summed E-state index contributed by atoms with van der Waals surface area (Å²) in [5, 5.41) is 7.17. The third-order valence-corrected chi connectivity index (χ3v) is 7.10. The molecule has 0 aliphatic rings. The summed E-state index contributed by atoms with van der Waals surface area (Å²) >= 11 is 3.51. The summed E-state index contributed by atoms with van der Waals surface area (Å²) in [6.45, 7) is 4.37. The maximum atomic E-state index is 13.6. The van der Waals surface area contributed by atoms with E-state index in [-0.39, 0.29) is 5.56 Å². The molecule has 3 aromatic carbocycles. The smallest absolute Gasteiger partial charge is 0.282 e. The molecule has 0 radical (unpaired) electrons. The number of furan rings is 1. The van der Waals surface area contributed by atoms with Gasteiger partial charge >= 0.3 is 0 Å². The van der Waals surface area contributed by atoms with Gasteiger partial charge in [-0.1, -0.05) is 53.2 Å². The number of benzene rings is 3. The Kier molecular flexibility index (Phi) is 5.57. The average molecular weight is 539 g/mol. The molecular formula is C29H23BrN4O2. The van der Waals surface area contributed by atoms with Crippen LogP contribution in [0.15, 0.2) is 97.8 Å². The molecule has 0 saturated carbocycles. The second-order valence-corrected chi connectivity index (χ2v) is 9.79. The van der Waals surface area contributed by atoms with E-state index in [1.54, 1.807) is 12.3 Å². The van der Waals surface area contributed by atoms with Crippen LogP contribution in [0, 0.1) is 0 Å². The van der Waals surface area contributed by atoms with Gasteiger partial charge in [-0.3, -0.25) is 4.79 Å². The van der Waals surface area contributed by atoms with Crippen LogP contribution >= 0.6 is 15.9 Å². The number of hydrogen-bond acceptors (Lipinski definition) is 4. The van der Waals surface area contributed by atoms with Crippen molar-refractivity contribution >= 4 is 54.9 Å². The molecule has 6 nitrogen and oxygen atoms in total. The van der Waals surface area contributed by atoms with Crippen molar-refractivity contribution in [3.63, 3.8) is 0 Å². The van der Waals surface area contributed by atoms with Gasteiger partial charge in [0.15, 0.2) is 5.76 Å². The number of rotatable bonds is 5. The second-order valence-electron chi connectivity index (χ2n) is 8.87. The van der Waals surface area contributed by atoms with Crippen LogP contribution in [0.1, 0.15) is 31.9 Å². The molecule has 0 spiro atoms. The van der Waals surface area contributed by atoms with E-state index in [0.29, 0.717) is 34.1 Å². The van der Waals surface area contributed by atoms with Crippen molar-refractivity contribution in [2.45, 2.75) is 26.3 Å². The summed E-state index contributed by atoms with van der Waals surface area (Å²) < 4.78 is 10.6. The van der Waals surface area contributed by atoms with Crippen LogP contribution in [0.3, 0.4) is 0 Å². The molecule has 0 N–H and O–H groups in total. The highest BCUT2D eigenvalue weighted by Crippen LogP contribution is 2.30. The van der Waals surface area contributed by atoms with Crippen molar-refractivity contribution in [1.82, 2.24) is 14.2 Å². The molecule has 0 aliphatic carbocycles. The summed E-state index contributed by atoms with van der Waals surface area (Å²) in [4.78, 5) is 18.4. The Morgan fingerprint density at radius 2 is 1.83 bits per heavy atom. The van der Waals surface area contributed by atoms with Crippen LogP contribution in [0.25, 0.3) is 44.4 Å². The predicted octanol–water partition coefficient (Wildman–Crippen LogP) is 7.38. The summed E-state index contributed by atoms with van der Waals surface area (Å²) in [7, 11) is 0. The van der Waals surface area contributed by atoms with Crippen molar-refractivity contribution in [2.75, 3.05) is 0 Å². The van der Waals surface area contributed by atoms with E-state index in [4.69, 9.17) is 9.40 Å². The number of fused-ring (bicyclic) bond motifs is 3. The lowest BCUT2D eigenvalue weighted by Crippen LogP contribution is -2.20. The molecule has 178 valence electrons. The van der Waals surface area contributed by atoms with Crippen molar-refractivity contribution in [3.05, 3.63) is 99.4 Å². The van der Waals surface area contributed by atoms with E-state index < -0.39 is 0 Å². The molecular weight excluding hydrogens is 516 g/mol. The number of hydrogen-bond donors (Lipinski definition) is 0. The van der Waals surface area contributed by atoms with Gasteiger partial charge in [0.05, 0.1) is 17.1 Å². The Bertz CT molecular complexity index is 1840. The average Bonchev–Trinajstić information content (AvgIpc) is 3.49. The summed E-state index contributed by atoms with van der Waals surface area (Å²) in [5.74, 6) is 0.832. The summed E-state index contributed by atoms with van der Waals surface area (Å²) in [6, 6.07) is 23.5. The van der Waals surface area contributed by atoms with E-state index in [1.165, 1.54) is 4.68 Å². The highest BCUT2D eigenvalue weighted by Gasteiger charge is 2.17. The first-order valence-electron chi connectivity index (χ1n) is 11.9. The molecule has 36 heavy (non-hydrogen) atoms. The lowest BCUT2D eigenvalue weighted by Gasteiger charge is -2.12. The molecule has 0 saturated heterocycles. The van der Waals surface area contributed by atoms with Crippen LogP contribution in [0.5, 0.6) is 0 Å². The van der Waals surface area contributed by atoms with Crippen LogP contribution < -0.4 is 5.56 Å². The topological polar surface area (TPSA) is 65.3 Å². The molecule has 0 aliphatic heterocycles. The third-order valence-electron chi connectivity index (χ3n) is 6.60. The Hall–Kier alpha value is -3.97. The minimum Gasteiger partial charge on any atom is -0.453 e. The Balaban J connectivity index is 1.56. The SMILES string of the molecule is CC[C@H](C)n1cc(C=Nn2c(-c3cc4cc(Br)ccc4o3)nc3ccccc3c2=O)c2ccccc21. The van der Waals surface area contributed by atoms with Crippen molar-refractivity contribution in [1.29, 1.82) is 0 Å². The van der Waals surface area contributed by atoms with Gasteiger partial charge in [0.2, 0.25) is 5.82 Å². The maximum absolute atomic E-state index is 13.6. The number of halogens is 1. The fourth-order valence-electron chi connectivity index (χ4n) is 4.53. The normalized spacial score (nSPS) is 12.9. The zero-order valence-electron chi connectivity index (χ0n) is 19.9. The van der Waals surface area contributed by atoms with E-state index in [9.17, 15) is 4.79 Å². The molecule has 7 heteroatoms. The highest BCUT2D eigenvalue weighted by atomic mass is 79.9. The predicted molar refractivity (Wildman–Crippen MR) is 149 cm³/mol.